The van der Waals surface area contributed by atoms with Crippen LogP contribution >= 0.6 is 15.9 Å². The molecule has 1 aromatic rings. The molecule has 0 atom stereocenters. The molecule has 5 heteroatoms. The predicted octanol–water partition coefficient (Wildman–Crippen LogP) is 1.96. The molecule has 0 saturated heterocycles. The molecule has 0 aliphatic rings. The van der Waals surface area contributed by atoms with Gasteiger partial charge in [-0.1, -0.05) is 0 Å². The quantitative estimate of drug-likeness (QED) is 0.911. The van der Waals surface area contributed by atoms with Gasteiger partial charge in [-0.25, -0.2) is 0 Å². The Hall–Kier alpha value is -1.54. The van der Waals surface area contributed by atoms with Crippen LogP contribution in [0.25, 0.3) is 0 Å². The Balaban J connectivity index is 3.30. The van der Waals surface area contributed by atoms with Gasteiger partial charge in [0, 0.05) is 10.0 Å². The van der Waals surface area contributed by atoms with E-state index >= 15 is 0 Å². The summed E-state index contributed by atoms with van der Waals surface area (Å²) in [6.45, 7) is 0. The van der Waals surface area contributed by atoms with E-state index in [0.29, 0.717) is 21.3 Å². The van der Waals surface area contributed by atoms with E-state index in [1.165, 1.54) is 7.11 Å². The van der Waals surface area contributed by atoms with E-state index in [4.69, 9.17) is 15.1 Å². The van der Waals surface area contributed by atoms with Crippen LogP contribution in [0.1, 0.15) is 11.1 Å². The minimum absolute atomic E-state index is 0.181. The molecular formula is C10H8BrNO3. The van der Waals surface area contributed by atoms with Crippen LogP contribution in [0.15, 0.2) is 16.6 Å². The summed E-state index contributed by atoms with van der Waals surface area (Å²) in [6, 6.07) is 5.13. The fourth-order valence-corrected chi connectivity index (χ4v) is 1.75. The summed E-state index contributed by atoms with van der Waals surface area (Å²) < 4.78 is 5.50. The van der Waals surface area contributed by atoms with E-state index in [9.17, 15) is 4.79 Å². The lowest BCUT2D eigenvalue weighted by Crippen LogP contribution is -2.04. The van der Waals surface area contributed by atoms with Crippen LogP contribution in [0.3, 0.4) is 0 Å². The van der Waals surface area contributed by atoms with Crippen molar-refractivity contribution in [3.8, 4) is 11.8 Å². The maximum atomic E-state index is 10.6. The van der Waals surface area contributed by atoms with Gasteiger partial charge in [0.05, 0.1) is 19.1 Å². The highest BCUT2D eigenvalue weighted by Gasteiger charge is 2.14. The molecule has 4 nitrogen and oxygen atoms in total. The van der Waals surface area contributed by atoms with E-state index in [2.05, 4.69) is 15.9 Å². The zero-order valence-corrected chi connectivity index (χ0v) is 9.54. The van der Waals surface area contributed by atoms with Crippen molar-refractivity contribution in [2.75, 3.05) is 7.11 Å². The number of carboxylic acids is 1. The lowest BCUT2D eigenvalue weighted by atomic mass is 10.1. The van der Waals surface area contributed by atoms with Gasteiger partial charge in [0.1, 0.15) is 11.8 Å². The Morgan fingerprint density at radius 2 is 2.33 bits per heavy atom. The number of nitrogens with zero attached hydrogens (tertiary/aromatic N) is 1. The van der Waals surface area contributed by atoms with Gasteiger partial charge < -0.3 is 9.84 Å². The smallest absolute Gasteiger partial charge is 0.308 e. The number of halogens is 1. The third kappa shape index (κ3) is 2.48. The minimum atomic E-state index is -0.968. The van der Waals surface area contributed by atoms with E-state index in [1.54, 1.807) is 12.1 Å². The zero-order chi connectivity index (χ0) is 11.4. The number of carbonyl (C=O) groups is 1. The highest BCUT2D eigenvalue weighted by molar-refractivity contribution is 9.10. The number of hydrogen-bond acceptors (Lipinski definition) is 3. The average Bonchev–Trinajstić information content (AvgIpc) is 2.20. The standard InChI is InChI=1S/C10H8BrNO3/c1-15-8-3-2-6(5-12)10(11)7(8)4-9(13)14/h2-3H,4H2,1H3,(H,13,14). The third-order valence-corrected chi connectivity index (χ3v) is 2.77. The molecule has 0 spiro atoms. The fourth-order valence-electron chi connectivity index (χ4n) is 1.20. The number of carboxylic acid groups (broad SMARTS) is 1. The summed E-state index contributed by atoms with van der Waals surface area (Å²) in [4.78, 5) is 10.6. The van der Waals surface area contributed by atoms with E-state index < -0.39 is 5.97 Å². The molecule has 0 heterocycles. The van der Waals surface area contributed by atoms with Crippen LogP contribution in [0, 0.1) is 11.3 Å². The predicted molar refractivity (Wildman–Crippen MR) is 56.7 cm³/mol. The van der Waals surface area contributed by atoms with Gasteiger partial charge in [0.25, 0.3) is 0 Å². The van der Waals surface area contributed by atoms with Crippen molar-refractivity contribution < 1.29 is 14.6 Å². The van der Waals surface area contributed by atoms with E-state index in [1.807, 2.05) is 6.07 Å². The molecule has 1 rings (SSSR count). The maximum Gasteiger partial charge on any atom is 0.308 e. The van der Waals surface area contributed by atoms with Gasteiger partial charge >= 0.3 is 5.97 Å². The number of rotatable bonds is 3. The lowest BCUT2D eigenvalue weighted by molar-refractivity contribution is -0.136. The highest BCUT2D eigenvalue weighted by atomic mass is 79.9. The van der Waals surface area contributed by atoms with Crippen LogP contribution in [-0.2, 0) is 11.2 Å². The number of aliphatic carboxylic acids is 1. The first-order valence-electron chi connectivity index (χ1n) is 4.07. The van der Waals surface area contributed by atoms with Gasteiger partial charge in [0.15, 0.2) is 0 Å². The van der Waals surface area contributed by atoms with Gasteiger partial charge in [-0.15, -0.1) is 0 Å². The Labute approximate surface area is 95.2 Å². The Bertz CT molecular complexity index is 437. The van der Waals surface area contributed by atoms with Crippen LogP contribution in [-0.4, -0.2) is 18.2 Å². The van der Waals surface area contributed by atoms with Crippen molar-refractivity contribution in [2.45, 2.75) is 6.42 Å². The van der Waals surface area contributed by atoms with Crippen molar-refractivity contribution in [3.05, 3.63) is 27.7 Å². The molecule has 0 unspecified atom stereocenters. The molecule has 78 valence electrons. The number of benzene rings is 1. The topological polar surface area (TPSA) is 70.3 Å². The van der Waals surface area contributed by atoms with Crippen molar-refractivity contribution in [1.82, 2.24) is 0 Å². The second-order valence-electron chi connectivity index (χ2n) is 2.79. The molecule has 0 aromatic heterocycles. The molecular weight excluding hydrogens is 262 g/mol. The molecule has 0 saturated carbocycles. The second kappa shape index (κ2) is 4.80. The van der Waals surface area contributed by atoms with Gasteiger partial charge in [-0.2, -0.15) is 5.26 Å². The monoisotopic (exact) mass is 269 g/mol. The van der Waals surface area contributed by atoms with Crippen LogP contribution < -0.4 is 4.74 Å². The van der Waals surface area contributed by atoms with Crippen molar-refractivity contribution >= 4 is 21.9 Å². The van der Waals surface area contributed by atoms with E-state index in [0.717, 1.165) is 0 Å². The number of methoxy groups -OCH3 is 1. The first-order chi connectivity index (χ1) is 7.10. The highest BCUT2D eigenvalue weighted by Crippen LogP contribution is 2.30. The zero-order valence-electron chi connectivity index (χ0n) is 7.95. The molecule has 0 fully saturated rings. The molecule has 1 N–H and O–H groups in total. The minimum Gasteiger partial charge on any atom is -0.496 e. The summed E-state index contributed by atoms with van der Waals surface area (Å²) in [7, 11) is 1.46. The van der Waals surface area contributed by atoms with Crippen LogP contribution in [0.2, 0.25) is 0 Å². The summed E-state index contributed by atoms with van der Waals surface area (Å²) in [5.41, 5.74) is 0.871. The SMILES string of the molecule is COc1ccc(C#N)c(Br)c1CC(=O)O. The van der Waals surface area contributed by atoms with Crippen molar-refractivity contribution in [3.63, 3.8) is 0 Å². The van der Waals surface area contributed by atoms with Gasteiger partial charge in [0.2, 0.25) is 0 Å². The Morgan fingerprint density at radius 1 is 1.67 bits per heavy atom. The van der Waals surface area contributed by atoms with Crippen molar-refractivity contribution in [1.29, 1.82) is 5.26 Å². The summed E-state index contributed by atoms with van der Waals surface area (Å²) in [6.07, 6.45) is -0.181. The fraction of sp³-hybridized carbons (Fsp3) is 0.200. The summed E-state index contributed by atoms with van der Waals surface area (Å²) in [5.74, 6) is -0.507. The number of hydrogen-bond donors (Lipinski definition) is 1. The van der Waals surface area contributed by atoms with Crippen LogP contribution in [0.4, 0.5) is 0 Å². The van der Waals surface area contributed by atoms with Gasteiger partial charge in [-0.3, -0.25) is 4.79 Å². The normalized spacial score (nSPS) is 9.40. The first-order valence-corrected chi connectivity index (χ1v) is 4.86. The lowest BCUT2D eigenvalue weighted by Gasteiger charge is -2.09. The second-order valence-corrected chi connectivity index (χ2v) is 3.58. The number of nitriles is 1. The molecule has 0 bridgehead atoms. The molecule has 0 radical (unpaired) electrons. The average molecular weight is 270 g/mol. The molecule has 0 aliphatic heterocycles. The molecule has 0 aliphatic carbocycles. The van der Waals surface area contributed by atoms with Crippen LogP contribution in [0.5, 0.6) is 5.75 Å². The molecule has 15 heavy (non-hydrogen) atoms. The van der Waals surface area contributed by atoms with Gasteiger partial charge in [-0.05, 0) is 28.1 Å². The van der Waals surface area contributed by atoms with Crippen molar-refractivity contribution in [2.24, 2.45) is 0 Å². The largest absolute Gasteiger partial charge is 0.496 e. The summed E-state index contributed by atoms with van der Waals surface area (Å²) >= 11 is 3.20. The summed E-state index contributed by atoms with van der Waals surface area (Å²) in [5, 5.41) is 17.5. The van der Waals surface area contributed by atoms with E-state index in [-0.39, 0.29) is 6.42 Å². The maximum absolute atomic E-state index is 10.6. The Kier molecular flexibility index (Phi) is 3.69. The molecule has 0 amide bonds. The Morgan fingerprint density at radius 3 is 2.80 bits per heavy atom. The molecule has 1 aromatic carbocycles. The third-order valence-electron chi connectivity index (χ3n) is 1.87. The number of ether oxygens (including phenoxy) is 1. The first kappa shape index (κ1) is 11.5.